The number of fused-ring (bicyclic) bond motifs is 2. The number of nitrogens with one attached hydrogen (secondary N) is 3. The third kappa shape index (κ3) is 5.75. The van der Waals surface area contributed by atoms with Gasteiger partial charge in [-0.2, -0.15) is 0 Å². The van der Waals surface area contributed by atoms with Gasteiger partial charge in [-0.05, 0) is 61.9 Å². The Morgan fingerprint density at radius 2 is 1.36 bits per heavy atom. The van der Waals surface area contributed by atoms with E-state index in [4.69, 9.17) is 0 Å². The van der Waals surface area contributed by atoms with Crippen LogP contribution in [0.3, 0.4) is 0 Å². The predicted molar refractivity (Wildman–Crippen MR) is 179 cm³/mol. The van der Waals surface area contributed by atoms with Gasteiger partial charge in [0.25, 0.3) is 0 Å². The van der Waals surface area contributed by atoms with E-state index in [1.54, 1.807) is 6.20 Å². The number of rotatable bonds is 10. The zero-order chi connectivity index (χ0) is 28.9. The molecule has 6 rings (SSSR count). The molecule has 0 aliphatic carbocycles. The van der Waals surface area contributed by atoms with Crippen molar-refractivity contribution in [3.8, 4) is 0 Å². The van der Waals surface area contributed by atoms with E-state index >= 15 is 0 Å². The molecular weight excluding hydrogens is 538 g/mol. The van der Waals surface area contributed by atoms with E-state index in [9.17, 15) is 0 Å². The van der Waals surface area contributed by atoms with Crippen molar-refractivity contribution in [2.45, 2.75) is 26.3 Å². The summed E-state index contributed by atoms with van der Waals surface area (Å²) in [4.78, 5) is 6.42. The number of benzene rings is 5. The van der Waals surface area contributed by atoms with Crippen LogP contribution in [-0.2, 0) is 0 Å². The van der Waals surface area contributed by atoms with Crippen LogP contribution >= 0.6 is 11.3 Å². The van der Waals surface area contributed by atoms with E-state index < -0.39 is 0 Å². The predicted octanol–water partition coefficient (Wildman–Crippen LogP) is 10.3. The largest absolute Gasteiger partial charge is 0.382 e. The fraction of sp³-hybridized carbons (Fsp3) is 0.147. The van der Waals surface area contributed by atoms with Crippen molar-refractivity contribution in [1.82, 2.24) is 4.98 Å². The second kappa shape index (κ2) is 12.3. The molecule has 0 radical (unpaired) electrons. The molecule has 0 aliphatic heterocycles. The molecule has 1 atom stereocenters. The Morgan fingerprint density at radius 3 is 1.98 bits per heavy atom. The van der Waals surface area contributed by atoms with Gasteiger partial charge in [-0.3, -0.25) is 0 Å². The normalized spacial score (nSPS) is 12.1. The van der Waals surface area contributed by atoms with Crippen LogP contribution in [0.1, 0.15) is 20.3 Å². The Balaban J connectivity index is 1.25. The zero-order valence-corrected chi connectivity index (χ0v) is 24.7. The van der Waals surface area contributed by atoms with Gasteiger partial charge in [0.15, 0.2) is 0 Å². The molecule has 0 bridgehead atoms. The van der Waals surface area contributed by atoms with Crippen LogP contribution in [0, 0.1) is 0 Å². The van der Waals surface area contributed by atoms with Crippen LogP contribution in [0.15, 0.2) is 119 Å². The Labute approximate surface area is 249 Å². The van der Waals surface area contributed by atoms with Gasteiger partial charge in [0.2, 0.25) is 5.13 Å². The number of hydrogen-bond donors (Lipinski definition) is 3. The molecule has 8 heteroatoms. The van der Waals surface area contributed by atoms with Gasteiger partial charge in [0.05, 0.1) is 17.1 Å². The molecule has 0 spiro atoms. The summed E-state index contributed by atoms with van der Waals surface area (Å²) in [6.45, 7) is 4.42. The first-order valence-electron chi connectivity index (χ1n) is 14.1. The Morgan fingerprint density at radius 1 is 0.738 bits per heavy atom. The molecule has 6 aromatic rings. The van der Waals surface area contributed by atoms with Gasteiger partial charge in [-0.1, -0.05) is 55.5 Å². The highest BCUT2D eigenvalue weighted by molar-refractivity contribution is 7.13. The van der Waals surface area contributed by atoms with Gasteiger partial charge < -0.3 is 21.1 Å². The van der Waals surface area contributed by atoms with Crippen molar-refractivity contribution in [1.29, 1.82) is 0 Å². The summed E-state index contributed by atoms with van der Waals surface area (Å²) < 4.78 is 0. The molecule has 1 heterocycles. The van der Waals surface area contributed by atoms with Crippen LogP contribution < -0.4 is 21.1 Å². The second-order valence-corrected chi connectivity index (χ2v) is 11.1. The summed E-state index contributed by atoms with van der Waals surface area (Å²) in [5.41, 5.74) is 12.9. The van der Waals surface area contributed by atoms with E-state index in [1.807, 2.05) is 29.6 Å². The lowest BCUT2D eigenvalue weighted by molar-refractivity contribution is 0.765. The fourth-order valence-corrected chi connectivity index (χ4v) is 5.45. The molecule has 3 N–H and O–H groups in total. The molecule has 5 aromatic carbocycles. The van der Waals surface area contributed by atoms with Crippen LogP contribution in [0.25, 0.3) is 21.5 Å². The number of hydrazine groups is 1. The summed E-state index contributed by atoms with van der Waals surface area (Å²) >= 11 is 1.46. The van der Waals surface area contributed by atoms with E-state index in [1.165, 1.54) is 27.8 Å². The highest BCUT2D eigenvalue weighted by Crippen LogP contribution is 2.39. The van der Waals surface area contributed by atoms with Gasteiger partial charge >= 0.3 is 0 Å². The van der Waals surface area contributed by atoms with Crippen LogP contribution in [0.2, 0.25) is 0 Å². The Kier molecular flexibility index (Phi) is 7.96. The van der Waals surface area contributed by atoms with Crippen LogP contribution in [0.4, 0.5) is 39.3 Å². The lowest BCUT2D eigenvalue weighted by atomic mass is 10.0. The minimum atomic E-state index is 0.409. The summed E-state index contributed by atoms with van der Waals surface area (Å²) in [5, 5.41) is 19.4. The Bertz CT molecular complexity index is 1830. The Hall–Kier alpha value is -4.95. The van der Waals surface area contributed by atoms with Gasteiger partial charge in [-0.15, -0.1) is 21.6 Å². The summed E-state index contributed by atoms with van der Waals surface area (Å²) in [5.74, 6) is 0. The van der Waals surface area contributed by atoms with Crippen LogP contribution in [-0.4, -0.2) is 18.1 Å². The average molecular weight is 572 g/mol. The first-order valence-corrected chi connectivity index (χ1v) is 15.0. The second-order valence-electron chi connectivity index (χ2n) is 10.2. The molecule has 7 nitrogen and oxygen atoms in total. The zero-order valence-electron chi connectivity index (χ0n) is 23.9. The minimum absolute atomic E-state index is 0.409. The molecule has 42 heavy (non-hydrogen) atoms. The van der Waals surface area contributed by atoms with E-state index in [2.05, 4.69) is 130 Å². The van der Waals surface area contributed by atoms with Gasteiger partial charge in [-0.25, -0.2) is 4.98 Å². The lowest BCUT2D eigenvalue weighted by Crippen LogP contribution is -2.15. The molecule has 0 saturated heterocycles. The number of thiazole rings is 1. The number of anilines is 5. The third-order valence-corrected chi connectivity index (χ3v) is 8.07. The average Bonchev–Trinajstić information content (AvgIpc) is 3.57. The lowest BCUT2D eigenvalue weighted by Gasteiger charge is -2.25. The third-order valence-electron chi connectivity index (χ3n) is 7.42. The number of azo groups is 1. The summed E-state index contributed by atoms with van der Waals surface area (Å²) in [6, 6.07) is 34.0. The molecule has 0 saturated carbocycles. The minimum Gasteiger partial charge on any atom is -0.382 e. The first kappa shape index (κ1) is 27.2. The van der Waals surface area contributed by atoms with Crippen molar-refractivity contribution < 1.29 is 0 Å². The van der Waals surface area contributed by atoms with E-state index in [0.717, 1.165) is 45.6 Å². The quantitative estimate of drug-likeness (QED) is 0.113. The maximum atomic E-state index is 4.26. The number of hydrogen-bond acceptors (Lipinski definition) is 8. The van der Waals surface area contributed by atoms with Crippen molar-refractivity contribution >= 4 is 72.1 Å². The SMILES string of the molecule is CCC(C)Nc1ccc(N(C)c2ccc(NNc3ccc(/N=N/c4nccs4)cc3)c3ccccc23)c2ccccc12. The van der Waals surface area contributed by atoms with E-state index in [0.29, 0.717) is 11.2 Å². The highest BCUT2D eigenvalue weighted by atomic mass is 32.1. The molecule has 1 aromatic heterocycles. The summed E-state index contributed by atoms with van der Waals surface area (Å²) in [7, 11) is 2.14. The van der Waals surface area contributed by atoms with Crippen molar-refractivity contribution in [2.75, 3.05) is 28.1 Å². The smallest absolute Gasteiger partial charge is 0.229 e. The van der Waals surface area contributed by atoms with Gasteiger partial charge in [0, 0.05) is 63.3 Å². The van der Waals surface area contributed by atoms with Gasteiger partial charge in [0.1, 0.15) is 0 Å². The number of aromatic nitrogens is 1. The molecular formula is C34H33N7S. The monoisotopic (exact) mass is 571 g/mol. The summed E-state index contributed by atoms with van der Waals surface area (Å²) in [6.07, 6.45) is 2.79. The molecule has 210 valence electrons. The topological polar surface area (TPSA) is 76.9 Å². The molecule has 0 aliphatic rings. The van der Waals surface area contributed by atoms with Crippen molar-refractivity contribution in [3.63, 3.8) is 0 Å². The number of nitrogens with zero attached hydrogens (tertiary/aromatic N) is 4. The first-order chi connectivity index (χ1) is 20.6. The molecule has 0 amide bonds. The van der Waals surface area contributed by atoms with Crippen molar-refractivity contribution in [2.24, 2.45) is 10.2 Å². The molecule has 1 unspecified atom stereocenters. The fourth-order valence-electron chi connectivity index (χ4n) is 5.00. The maximum absolute atomic E-state index is 4.26. The van der Waals surface area contributed by atoms with E-state index in [-0.39, 0.29) is 0 Å². The maximum Gasteiger partial charge on any atom is 0.229 e. The van der Waals surface area contributed by atoms with Crippen LogP contribution in [0.5, 0.6) is 0 Å². The standard InChI is InChI=1S/C34H33N7S/c1-4-23(2)36-30-17-19-32(28-11-7-5-9-26(28)30)41(3)33-20-18-31(27-10-6-8-12-29(27)33)39-37-24-13-15-25(16-14-24)38-40-34-35-21-22-42-34/h5-23,36-37,39H,4H2,1-3H3/b40-38+. The van der Waals surface area contributed by atoms with Crippen molar-refractivity contribution in [3.05, 3.63) is 109 Å². The highest BCUT2D eigenvalue weighted by Gasteiger charge is 2.15. The molecule has 0 fully saturated rings.